The largest absolute Gasteiger partial charge is 0.478 e. The third-order valence-electron chi connectivity index (χ3n) is 4.52. The first-order chi connectivity index (χ1) is 13.6. The van der Waals surface area contributed by atoms with Gasteiger partial charge >= 0.3 is 0 Å². The molecule has 0 fully saturated rings. The van der Waals surface area contributed by atoms with E-state index in [1.807, 2.05) is 47.7 Å². The Kier molecular flexibility index (Phi) is 4.34. The van der Waals surface area contributed by atoms with Crippen molar-refractivity contribution in [1.82, 2.24) is 14.4 Å². The van der Waals surface area contributed by atoms with Crippen LogP contribution in [0.5, 0.6) is 5.88 Å². The van der Waals surface area contributed by atoms with Crippen LogP contribution in [0, 0.1) is 18.3 Å². The minimum absolute atomic E-state index is 0.297. The van der Waals surface area contributed by atoms with E-state index in [1.165, 1.54) is 7.11 Å². The lowest BCUT2D eigenvalue weighted by Crippen LogP contribution is -2.02. The fourth-order valence-corrected chi connectivity index (χ4v) is 3.12. The predicted molar refractivity (Wildman–Crippen MR) is 105 cm³/mol. The molecule has 0 amide bonds. The number of imidazole rings is 1. The molecule has 0 N–H and O–H groups in total. The molecule has 0 radical (unpaired) electrons. The number of aldehydes is 1. The molecule has 2 aromatic carbocycles. The average molecular weight is 368 g/mol. The Bertz CT molecular complexity index is 1220. The van der Waals surface area contributed by atoms with E-state index in [4.69, 9.17) is 10.00 Å². The second-order valence-electron chi connectivity index (χ2n) is 6.35. The Morgan fingerprint density at radius 3 is 2.32 bits per heavy atom. The molecule has 28 heavy (non-hydrogen) atoms. The van der Waals surface area contributed by atoms with E-state index >= 15 is 0 Å². The van der Waals surface area contributed by atoms with Crippen LogP contribution in [-0.4, -0.2) is 27.8 Å². The molecule has 6 heteroatoms. The number of carbonyl (C=O) groups is 1. The summed E-state index contributed by atoms with van der Waals surface area (Å²) in [6.45, 7) is 2.02. The quantitative estimate of drug-likeness (QED) is 0.507. The van der Waals surface area contributed by atoms with Gasteiger partial charge in [-0.25, -0.2) is 9.97 Å². The van der Waals surface area contributed by atoms with Gasteiger partial charge in [0.2, 0.25) is 5.65 Å². The van der Waals surface area contributed by atoms with Gasteiger partial charge in [0, 0.05) is 17.3 Å². The number of aromatic nitrogens is 3. The number of ether oxygens (including phenoxy) is 1. The molecule has 0 unspecified atom stereocenters. The SMILES string of the molecule is COc1nc(-c2ccc(C#N)cc2)c(-c2ccc(C)cc2)n2cc(C=O)nc12. The van der Waals surface area contributed by atoms with Crippen molar-refractivity contribution in [3.63, 3.8) is 0 Å². The number of carbonyl (C=O) groups excluding carboxylic acids is 1. The van der Waals surface area contributed by atoms with Crippen LogP contribution in [0.2, 0.25) is 0 Å². The Morgan fingerprint density at radius 2 is 1.71 bits per heavy atom. The minimum atomic E-state index is 0.297. The fourth-order valence-electron chi connectivity index (χ4n) is 3.12. The number of nitriles is 1. The van der Waals surface area contributed by atoms with Crippen molar-refractivity contribution in [3.05, 3.63) is 71.5 Å². The maximum Gasteiger partial charge on any atom is 0.258 e. The van der Waals surface area contributed by atoms with E-state index in [1.54, 1.807) is 18.3 Å². The van der Waals surface area contributed by atoms with Gasteiger partial charge in [-0.2, -0.15) is 5.26 Å². The number of benzene rings is 2. The van der Waals surface area contributed by atoms with Gasteiger partial charge in [0.15, 0.2) is 6.29 Å². The molecule has 0 aliphatic rings. The zero-order valence-corrected chi connectivity index (χ0v) is 15.4. The lowest BCUT2D eigenvalue weighted by molar-refractivity contribution is 0.111. The Morgan fingerprint density at radius 1 is 1.04 bits per heavy atom. The van der Waals surface area contributed by atoms with Crippen molar-refractivity contribution in [3.8, 4) is 34.5 Å². The topological polar surface area (TPSA) is 80.3 Å². The minimum Gasteiger partial charge on any atom is -0.478 e. The third kappa shape index (κ3) is 2.89. The highest BCUT2D eigenvalue weighted by molar-refractivity contribution is 5.83. The first-order valence-corrected chi connectivity index (χ1v) is 8.64. The summed E-state index contributed by atoms with van der Waals surface area (Å²) < 4.78 is 7.27. The molecule has 0 saturated heterocycles. The van der Waals surface area contributed by atoms with Crippen LogP contribution < -0.4 is 4.74 Å². The van der Waals surface area contributed by atoms with E-state index in [-0.39, 0.29) is 0 Å². The molecule has 4 rings (SSSR count). The highest BCUT2D eigenvalue weighted by Crippen LogP contribution is 2.35. The van der Waals surface area contributed by atoms with Crippen LogP contribution in [0.4, 0.5) is 0 Å². The standard InChI is InChI=1S/C22H16N4O2/c1-14-3-7-17(8-4-14)20-19(16-9-5-15(11-23)6-10-16)25-22(28-2)21-24-18(13-27)12-26(20)21/h3-10,12-13H,1-2H3. The van der Waals surface area contributed by atoms with Gasteiger partial charge in [-0.05, 0) is 19.1 Å². The lowest BCUT2D eigenvalue weighted by atomic mass is 10.0. The second-order valence-corrected chi connectivity index (χ2v) is 6.35. The molecule has 2 aromatic heterocycles. The van der Waals surface area contributed by atoms with Crippen LogP contribution in [0.25, 0.3) is 28.2 Å². The number of rotatable bonds is 4. The Hall–Kier alpha value is -3.98. The van der Waals surface area contributed by atoms with E-state index in [9.17, 15) is 4.79 Å². The van der Waals surface area contributed by atoms with Gasteiger partial charge < -0.3 is 4.74 Å². The van der Waals surface area contributed by atoms with Gasteiger partial charge in [0.05, 0.1) is 30.1 Å². The summed E-state index contributed by atoms with van der Waals surface area (Å²) in [5.74, 6) is 0.323. The molecule has 6 nitrogen and oxygen atoms in total. The number of methoxy groups -OCH3 is 1. The average Bonchev–Trinajstić information content (AvgIpc) is 3.18. The number of fused-ring (bicyclic) bond motifs is 1. The summed E-state index contributed by atoms with van der Waals surface area (Å²) in [5.41, 5.74) is 5.70. The fraction of sp³-hybridized carbons (Fsp3) is 0.0909. The van der Waals surface area contributed by atoms with Gasteiger partial charge in [-0.15, -0.1) is 0 Å². The summed E-state index contributed by atoms with van der Waals surface area (Å²) in [4.78, 5) is 20.3. The molecule has 136 valence electrons. The summed E-state index contributed by atoms with van der Waals surface area (Å²) in [7, 11) is 1.52. The Balaban J connectivity index is 2.09. The highest BCUT2D eigenvalue weighted by Gasteiger charge is 2.20. The van der Waals surface area contributed by atoms with Crippen LogP contribution >= 0.6 is 0 Å². The Labute approximate surface area is 161 Å². The predicted octanol–water partition coefficient (Wildman–Crippen LogP) is 4.06. The molecular weight excluding hydrogens is 352 g/mol. The zero-order chi connectivity index (χ0) is 19.7. The molecule has 0 atom stereocenters. The first kappa shape index (κ1) is 17.4. The summed E-state index contributed by atoms with van der Waals surface area (Å²) in [6, 6.07) is 17.4. The molecule has 0 aliphatic carbocycles. The monoisotopic (exact) mass is 368 g/mol. The molecule has 0 spiro atoms. The lowest BCUT2D eigenvalue weighted by Gasteiger charge is -2.14. The zero-order valence-electron chi connectivity index (χ0n) is 15.4. The van der Waals surface area contributed by atoms with Crippen molar-refractivity contribution >= 4 is 11.9 Å². The normalized spacial score (nSPS) is 10.6. The first-order valence-electron chi connectivity index (χ1n) is 8.64. The van der Waals surface area contributed by atoms with Gasteiger partial charge in [0.1, 0.15) is 5.69 Å². The number of hydrogen-bond acceptors (Lipinski definition) is 5. The van der Waals surface area contributed by atoms with Crippen LogP contribution in [-0.2, 0) is 0 Å². The highest BCUT2D eigenvalue weighted by atomic mass is 16.5. The van der Waals surface area contributed by atoms with Gasteiger partial charge in [-0.1, -0.05) is 42.0 Å². The van der Waals surface area contributed by atoms with Crippen LogP contribution in [0.1, 0.15) is 21.6 Å². The number of aryl methyl sites for hydroxylation is 1. The number of nitrogens with zero attached hydrogens (tertiary/aromatic N) is 4. The van der Waals surface area contributed by atoms with Crippen molar-refractivity contribution in [2.75, 3.05) is 7.11 Å². The van der Waals surface area contributed by atoms with E-state index in [2.05, 4.69) is 16.0 Å². The van der Waals surface area contributed by atoms with Crippen LogP contribution in [0.3, 0.4) is 0 Å². The van der Waals surface area contributed by atoms with E-state index < -0.39 is 0 Å². The third-order valence-corrected chi connectivity index (χ3v) is 4.52. The number of hydrogen-bond donors (Lipinski definition) is 0. The summed E-state index contributed by atoms with van der Waals surface area (Å²) >= 11 is 0. The summed E-state index contributed by atoms with van der Waals surface area (Å²) in [5, 5.41) is 9.08. The second kappa shape index (κ2) is 6.97. The van der Waals surface area contributed by atoms with Crippen molar-refractivity contribution in [2.45, 2.75) is 6.92 Å². The van der Waals surface area contributed by atoms with Gasteiger partial charge in [-0.3, -0.25) is 9.20 Å². The van der Waals surface area contributed by atoms with Crippen molar-refractivity contribution < 1.29 is 9.53 Å². The molecular formula is C22H16N4O2. The summed E-state index contributed by atoms with van der Waals surface area (Å²) in [6.07, 6.45) is 2.38. The maximum atomic E-state index is 11.3. The van der Waals surface area contributed by atoms with Crippen LogP contribution in [0.15, 0.2) is 54.7 Å². The van der Waals surface area contributed by atoms with E-state index in [0.717, 1.165) is 22.4 Å². The smallest absolute Gasteiger partial charge is 0.258 e. The van der Waals surface area contributed by atoms with Crippen molar-refractivity contribution in [1.29, 1.82) is 5.26 Å². The van der Waals surface area contributed by atoms with Gasteiger partial charge in [0.25, 0.3) is 5.88 Å². The molecule has 4 aromatic rings. The molecule has 0 bridgehead atoms. The molecule has 0 aliphatic heterocycles. The van der Waals surface area contributed by atoms with E-state index in [0.29, 0.717) is 34.8 Å². The molecule has 0 saturated carbocycles. The molecule has 2 heterocycles. The van der Waals surface area contributed by atoms with Crippen molar-refractivity contribution in [2.24, 2.45) is 0 Å². The maximum absolute atomic E-state index is 11.3.